The zero-order valence-electron chi connectivity index (χ0n) is 17.1. The normalized spacial score (nSPS) is 16.8. The number of benzene rings is 1. The van der Waals surface area contributed by atoms with Crippen molar-refractivity contribution >= 4 is 44.6 Å². The average Bonchev–Trinajstić information content (AvgIpc) is 3.20. The first-order valence-electron chi connectivity index (χ1n) is 9.54. The number of carbonyl (C=O) groups excluding carboxylic acids is 1. The lowest BCUT2D eigenvalue weighted by Gasteiger charge is -2.33. The van der Waals surface area contributed by atoms with Gasteiger partial charge in [-0.15, -0.1) is 11.3 Å². The molecule has 0 bridgehead atoms. The standard InChI is InChI=1S/C20H25ClN2O5S2/c1-13(20(24)22-16-5-4-15(27-2)12-17(16)28-3)14-8-10-23(11-9-14)30(25,26)19-7-6-18(21)29-19/h4-7,12-14H,8-11H2,1-3H3,(H,22,24)/t13-/m0/s1. The van der Waals surface area contributed by atoms with E-state index in [1.165, 1.54) is 17.5 Å². The topological polar surface area (TPSA) is 84.9 Å². The van der Waals surface area contributed by atoms with Gasteiger partial charge in [-0.25, -0.2) is 8.42 Å². The summed E-state index contributed by atoms with van der Waals surface area (Å²) in [7, 11) is -0.440. The number of rotatable bonds is 7. The number of nitrogens with zero attached hydrogens (tertiary/aromatic N) is 1. The first-order chi connectivity index (χ1) is 14.3. The molecule has 1 aromatic carbocycles. The average molecular weight is 473 g/mol. The van der Waals surface area contributed by atoms with Crippen LogP contribution in [0.4, 0.5) is 5.69 Å². The van der Waals surface area contributed by atoms with Gasteiger partial charge in [0.2, 0.25) is 5.91 Å². The summed E-state index contributed by atoms with van der Waals surface area (Å²) < 4.78 is 38.2. The molecule has 1 fully saturated rings. The largest absolute Gasteiger partial charge is 0.497 e. The fourth-order valence-electron chi connectivity index (χ4n) is 3.54. The van der Waals surface area contributed by atoms with E-state index in [9.17, 15) is 13.2 Å². The number of halogens is 1. The smallest absolute Gasteiger partial charge is 0.252 e. The summed E-state index contributed by atoms with van der Waals surface area (Å²) >= 11 is 6.94. The Balaban J connectivity index is 1.61. The van der Waals surface area contributed by atoms with Crippen molar-refractivity contribution in [3.05, 3.63) is 34.7 Å². The molecule has 1 aromatic heterocycles. The van der Waals surface area contributed by atoms with Crippen LogP contribution in [-0.2, 0) is 14.8 Å². The number of amides is 1. The Hall–Kier alpha value is -1.81. The van der Waals surface area contributed by atoms with Gasteiger partial charge in [-0.1, -0.05) is 18.5 Å². The highest BCUT2D eigenvalue weighted by Gasteiger charge is 2.34. The zero-order valence-corrected chi connectivity index (χ0v) is 19.4. The van der Waals surface area contributed by atoms with Crippen LogP contribution >= 0.6 is 22.9 Å². The van der Waals surface area contributed by atoms with E-state index in [-0.39, 0.29) is 22.0 Å². The number of carbonyl (C=O) groups is 1. The molecule has 0 saturated carbocycles. The Labute approximate surface area is 186 Å². The van der Waals surface area contributed by atoms with Gasteiger partial charge in [-0.3, -0.25) is 4.79 Å². The molecule has 7 nitrogen and oxygen atoms in total. The van der Waals surface area contributed by atoms with Gasteiger partial charge in [-0.2, -0.15) is 4.31 Å². The number of ether oxygens (including phenoxy) is 2. The van der Waals surface area contributed by atoms with Crippen LogP contribution in [-0.4, -0.2) is 45.9 Å². The lowest BCUT2D eigenvalue weighted by molar-refractivity contribution is -0.121. The Morgan fingerprint density at radius 3 is 2.47 bits per heavy atom. The lowest BCUT2D eigenvalue weighted by Crippen LogP contribution is -2.41. The van der Waals surface area contributed by atoms with Crippen molar-refractivity contribution in [2.24, 2.45) is 11.8 Å². The minimum atomic E-state index is -3.54. The van der Waals surface area contributed by atoms with Crippen LogP contribution in [0.2, 0.25) is 4.34 Å². The van der Waals surface area contributed by atoms with E-state index in [0.717, 1.165) is 11.3 Å². The minimum absolute atomic E-state index is 0.0904. The number of methoxy groups -OCH3 is 2. The molecule has 0 spiro atoms. The molecule has 1 saturated heterocycles. The molecule has 3 rings (SSSR count). The number of nitrogens with one attached hydrogen (secondary N) is 1. The van der Waals surface area contributed by atoms with E-state index in [4.69, 9.17) is 21.1 Å². The maximum atomic E-state index is 12.8. The third-order valence-electron chi connectivity index (χ3n) is 5.43. The fourth-order valence-corrected chi connectivity index (χ4v) is 6.65. The lowest BCUT2D eigenvalue weighted by atomic mass is 9.85. The summed E-state index contributed by atoms with van der Waals surface area (Å²) in [6.45, 7) is 2.64. The van der Waals surface area contributed by atoms with Crippen molar-refractivity contribution in [1.29, 1.82) is 0 Å². The van der Waals surface area contributed by atoms with Crippen LogP contribution in [0.1, 0.15) is 19.8 Å². The number of hydrogen-bond acceptors (Lipinski definition) is 6. The molecule has 1 N–H and O–H groups in total. The second-order valence-electron chi connectivity index (χ2n) is 7.14. The fraction of sp³-hybridized carbons (Fsp3) is 0.450. The van der Waals surface area contributed by atoms with Crippen molar-refractivity contribution in [3.8, 4) is 11.5 Å². The monoisotopic (exact) mass is 472 g/mol. The molecule has 0 unspecified atom stereocenters. The number of piperidine rings is 1. The summed E-state index contributed by atoms with van der Waals surface area (Å²) in [4.78, 5) is 12.8. The van der Waals surface area contributed by atoms with Crippen molar-refractivity contribution in [1.82, 2.24) is 4.31 Å². The zero-order chi connectivity index (χ0) is 21.9. The maximum absolute atomic E-state index is 12.8. The summed E-state index contributed by atoms with van der Waals surface area (Å²) in [6, 6.07) is 8.32. The molecule has 1 amide bonds. The van der Waals surface area contributed by atoms with E-state index in [1.54, 1.807) is 31.4 Å². The molecular weight excluding hydrogens is 448 g/mol. The highest BCUT2D eigenvalue weighted by Crippen LogP contribution is 2.34. The van der Waals surface area contributed by atoms with Crippen molar-refractivity contribution in [2.75, 3.05) is 32.6 Å². The molecule has 30 heavy (non-hydrogen) atoms. The molecule has 10 heteroatoms. The van der Waals surface area contributed by atoms with Crippen molar-refractivity contribution in [2.45, 2.75) is 24.0 Å². The van der Waals surface area contributed by atoms with Crippen molar-refractivity contribution in [3.63, 3.8) is 0 Å². The van der Waals surface area contributed by atoms with Crippen LogP contribution in [0.25, 0.3) is 0 Å². The third kappa shape index (κ3) is 4.91. The molecule has 1 aliphatic heterocycles. The Morgan fingerprint density at radius 1 is 1.20 bits per heavy atom. The number of anilines is 1. The summed E-state index contributed by atoms with van der Waals surface area (Å²) in [5, 5.41) is 2.92. The third-order valence-corrected chi connectivity index (χ3v) is 9.03. The van der Waals surface area contributed by atoms with Crippen LogP contribution in [0.3, 0.4) is 0 Å². The van der Waals surface area contributed by atoms with E-state index in [1.807, 2.05) is 6.92 Å². The van der Waals surface area contributed by atoms with Crippen LogP contribution in [0, 0.1) is 11.8 Å². The van der Waals surface area contributed by atoms with Gasteiger partial charge >= 0.3 is 0 Å². The van der Waals surface area contributed by atoms with Gasteiger partial charge in [0, 0.05) is 25.1 Å². The van der Waals surface area contributed by atoms with Gasteiger partial charge in [0.15, 0.2) is 0 Å². The molecule has 0 aliphatic carbocycles. The molecule has 2 heterocycles. The van der Waals surface area contributed by atoms with Gasteiger partial charge in [0.05, 0.1) is 24.2 Å². The highest BCUT2D eigenvalue weighted by atomic mass is 35.5. The van der Waals surface area contributed by atoms with Crippen molar-refractivity contribution < 1.29 is 22.7 Å². The van der Waals surface area contributed by atoms with Crippen LogP contribution < -0.4 is 14.8 Å². The SMILES string of the molecule is COc1ccc(NC(=O)[C@@H](C)C2CCN(S(=O)(=O)c3ccc(Cl)s3)CC2)c(OC)c1. The number of thiophene rings is 1. The summed E-state index contributed by atoms with van der Waals surface area (Å²) in [5.74, 6) is 0.860. The molecule has 0 radical (unpaired) electrons. The molecule has 1 aliphatic rings. The van der Waals surface area contributed by atoms with Gasteiger partial charge < -0.3 is 14.8 Å². The predicted molar refractivity (Wildman–Crippen MR) is 118 cm³/mol. The Bertz CT molecular complexity index is 1000. The van der Waals surface area contributed by atoms with Crippen LogP contribution in [0.5, 0.6) is 11.5 Å². The summed E-state index contributed by atoms with van der Waals surface area (Å²) in [5.41, 5.74) is 0.574. The molecule has 2 aromatic rings. The quantitative estimate of drug-likeness (QED) is 0.655. The second kappa shape index (κ2) is 9.55. The van der Waals surface area contributed by atoms with Crippen LogP contribution in [0.15, 0.2) is 34.5 Å². The van der Waals surface area contributed by atoms with Gasteiger partial charge in [0.1, 0.15) is 15.7 Å². The number of sulfonamides is 1. The van der Waals surface area contributed by atoms with Gasteiger partial charge in [-0.05, 0) is 43.0 Å². The van der Waals surface area contributed by atoms with E-state index >= 15 is 0 Å². The highest BCUT2D eigenvalue weighted by molar-refractivity contribution is 7.91. The molecular formula is C20H25ClN2O5S2. The second-order valence-corrected chi connectivity index (χ2v) is 11.0. The minimum Gasteiger partial charge on any atom is -0.497 e. The first-order valence-corrected chi connectivity index (χ1v) is 12.2. The molecule has 164 valence electrons. The number of hydrogen-bond donors (Lipinski definition) is 1. The van der Waals surface area contributed by atoms with E-state index in [0.29, 0.717) is 47.5 Å². The first kappa shape index (κ1) is 22.9. The maximum Gasteiger partial charge on any atom is 0.252 e. The predicted octanol–water partition coefficient (Wildman–Crippen LogP) is 4.09. The summed E-state index contributed by atoms with van der Waals surface area (Å²) in [6.07, 6.45) is 1.24. The van der Waals surface area contributed by atoms with E-state index < -0.39 is 10.0 Å². The Morgan fingerprint density at radius 2 is 1.90 bits per heavy atom. The Kier molecular flexibility index (Phi) is 7.28. The molecule has 1 atom stereocenters. The van der Waals surface area contributed by atoms with E-state index in [2.05, 4.69) is 5.32 Å². The van der Waals surface area contributed by atoms with Gasteiger partial charge in [0.25, 0.3) is 10.0 Å².